The predicted octanol–water partition coefficient (Wildman–Crippen LogP) is 2.58. The number of carbonyl (C=O) groups is 2. The molecule has 1 aliphatic rings. The van der Waals surface area contributed by atoms with Crippen LogP contribution in [0.25, 0.3) is 11.0 Å². The molecule has 0 saturated carbocycles. The highest BCUT2D eigenvalue weighted by Gasteiger charge is 2.37. The van der Waals surface area contributed by atoms with Crippen LogP contribution < -0.4 is 10.9 Å². The average Bonchev–Trinajstić information content (AvgIpc) is 2.84. The van der Waals surface area contributed by atoms with Crippen molar-refractivity contribution in [3.8, 4) is 0 Å². The SMILES string of the molecule is CSCCC1NC(=O)N(Cc2cc(=O)oc3c(C)c(C)ccc23)C1=O. The Balaban J connectivity index is 1.96. The maximum Gasteiger partial charge on any atom is 0.336 e. The first-order chi connectivity index (χ1) is 11.9. The van der Waals surface area contributed by atoms with E-state index in [4.69, 9.17) is 4.42 Å². The van der Waals surface area contributed by atoms with Crippen LogP contribution in [0.3, 0.4) is 0 Å². The first-order valence-electron chi connectivity index (χ1n) is 8.06. The summed E-state index contributed by atoms with van der Waals surface area (Å²) in [6, 6.07) is 4.25. The zero-order valence-corrected chi connectivity index (χ0v) is 15.2. The van der Waals surface area contributed by atoms with Crippen molar-refractivity contribution in [3.05, 3.63) is 45.3 Å². The Labute approximate surface area is 149 Å². The molecule has 0 bridgehead atoms. The van der Waals surface area contributed by atoms with E-state index in [1.807, 2.05) is 32.2 Å². The normalized spacial score (nSPS) is 17.4. The quantitative estimate of drug-likeness (QED) is 0.655. The molecular formula is C18H20N2O4S. The Morgan fingerprint density at radius 1 is 1.24 bits per heavy atom. The van der Waals surface area contributed by atoms with Gasteiger partial charge in [-0.3, -0.25) is 9.69 Å². The Morgan fingerprint density at radius 3 is 2.72 bits per heavy atom. The first kappa shape index (κ1) is 17.5. The summed E-state index contributed by atoms with van der Waals surface area (Å²) in [4.78, 5) is 37.8. The van der Waals surface area contributed by atoms with Crippen LogP contribution in [0.1, 0.15) is 23.1 Å². The minimum Gasteiger partial charge on any atom is -0.422 e. The van der Waals surface area contributed by atoms with Gasteiger partial charge in [-0.05, 0) is 49.0 Å². The van der Waals surface area contributed by atoms with Crippen molar-refractivity contribution in [1.29, 1.82) is 0 Å². The van der Waals surface area contributed by atoms with E-state index in [9.17, 15) is 14.4 Å². The summed E-state index contributed by atoms with van der Waals surface area (Å²) in [5.41, 5.74) is 2.53. The highest BCUT2D eigenvalue weighted by Crippen LogP contribution is 2.25. The molecule has 132 valence electrons. The van der Waals surface area contributed by atoms with E-state index in [1.165, 1.54) is 11.0 Å². The molecular weight excluding hydrogens is 340 g/mol. The summed E-state index contributed by atoms with van der Waals surface area (Å²) in [6.45, 7) is 3.89. The second-order valence-corrected chi connectivity index (χ2v) is 7.17. The number of imide groups is 1. The number of hydrogen-bond donors (Lipinski definition) is 1. The Kier molecular flexibility index (Phi) is 4.85. The standard InChI is InChI=1S/C18H20N2O4S/c1-10-4-5-13-12(8-15(21)24-16(13)11(10)2)9-20-17(22)14(6-7-25-3)19-18(20)23/h4-5,8,14H,6-7,9H2,1-3H3,(H,19,23). The summed E-state index contributed by atoms with van der Waals surface area (Å²) >= 11 is 1.63. The number of benzene rings is 1. The molecule has 1 aliphatic heterocycles. The summed E-state index contributed by atoms with van der Waals surface area (Å²) < 4.78 is 5.34. The highest BCUT2D eigenvalue weighted by atomic mass is 32.2. The van der Waals surface area contributed by atoms with Crippen LogP contribution in [0.2, 0.25) is 0 Å². The maximum absolute atomic E-state index is 12.5. The van der Waals surface area contributed by atoms with Crippen LogP contribution in [-0.4, -0.2) is 34.9 Å². The van der Waals surface area contributed by atoms with Gasteiger partial charge in [-0.15, -0.1) is 0 Å². The summed E-state index contributed by atoms with van der Waals surface area (Å²) in [6.07, 6.45) is 2.55. The lowest BCUT2D eigenvalue weighted by Gasteiger charge is -2.15. The van der Waals surface area contributed by atoms with Gasteiger partial charge in [0.25, 0.3) is 5.91 Å². The number of nitrogens with one attached hydrogen (secondary N) is 1. The van der Waals surface area contributed by atoms with E-state index in [0.29, 0.717) is 17.6 Å². The minimum absolute atomic E-state index is 0.0606. The van der Waals surface area contributed by atoms with Crippen molar-refractivity contribution in [2.75, 3.05) is 12.0 Å². The molecule has 1 N–H and O–H groups in total. The fourth-order valence-corrected chi connectivity index (χ4v) is 3.46. The van der Waals surface area contributed by atoms with E-state index >= 15 is 0 Å². The van der Waals surface area contributed by atoms with E-state index in [2.05, 4.69) is 5.32 Å². The number of hydrogen-bond acceptors (Lipinski definition) is 5. The maximum atomic E-state index is 12.5. The largest absolute Gasteiger partial charge is 0.422 e. The van der Waals surface area contributed by atoms with Gasteiger partial charge in [0, 0.05) is 11.5 Å². The van der Waals surface area contributed by atoms with Gasteiger partial charge in [0.15, 0.2) is 0 Å². The molecule has 2 heterocycles. The number of aryl methyl sites for hydroxylation is 2. The van der Waals surface area contributed by atoms with E-state index < -0.39 is 17.7 Å². The van der Waals surface area contributed by atoms with Crippen LogP contribution >= 0.6 is 11.8 Å². The third-order valence-electron chi connectivity index (χ3n) is 4.56. The molecule has 1 atom stereocenters. The second kappa shape index (κ2) is 6.92. The van der Waals surface area contributed by atoms with Crippen molar-refractivity contribution >= 4 is 34.7 Å². The lowest BCUT2D eigenvalue weighted by atomic mass is 10.0. The Morgan fingerprint density at radius 2 is 2.00 bits per heavy atom. The summed E-state index contributed by atoms with van der Waals surface area (Å²) in [7, 11) is 0. The van der Waals surface area contributed by atoms with Gasteiger partial charge >= 0.3 is 11.7 Å². The van der Waals surface area contributed by atoms with Crippen LogP contribution in [0.5, 0.6) is 0 Å². The third kappa shape index (κ3) is 3.28. The second-order valence-electron chi connectivity index (χ2n) is 6.18. The van der Waals surface area contributed by atoms with Gasteiger partial charge in [-0.25, -0.2) is 9.59 Å². The minimum atomic E-state index is -0.490. The molecule has 3 rings (SSSR count). The van der Waals surface area contributed by atoms with Gasteiger partial charge in [0.1, 0.15) is 11.6 Å². The van der Waals surface area contributed by atoms with Crippen molar-refractivity contribution in [2.24, 2.45) is 0 Å². The fraction of sp³-hybridized carbons (Fsp3) is 0.389. The first-order valence-corrected chi connectivity index (χ1v) is 9.45. The Hall–Kier alpha value is -2.28. The third-order valence-corrected chi connectivity index (χ3v) is 5.21. The number of thioether (sulfide) groups is 1. The molecule has 6 nitrogen and oxygen atoms in total. The zero-order chi connectivity index (χ0) is 18.1. The van der Waals surface area contributed by atoms with Gasteiger partial charge in [0.2, 0.25) is 0 Å². The van der Waals surface area contributed by atoms with Crippen LogP contribution in [0, 0.1) is 13.8 Å². The van der Waals surface area contributed by atoms with Crippen molar-refractivity contribution in [1.82, 2.24) is 10.2 Å². The van der Waals surface area contributed by atoms with Crippen molar-refractivity contribution in [3.63, 3.8) is 0 Å². The monoisotopic (exact) mass is 360 g/mol. The van der Waals surface area contributed by atoms with Gasteiger partial charge in [-0.1, -0.05) is 12.1 Å². The number of carbonyl (C=O) groups excluding carboxylic acids is 2. The van der Waals surface area contributed by atoms with Gasteiger partial charge in [0.05, 0.1) is 6.54 Å². The average molecular weight is 360 g/mol. The lowest BCUT2D eigenvalue weighted by Crippen LogP contribution is -2.31. The molecule has 1 aromatic carbocycles. The highest BCUT2D eigenvalue weighted by molar-refractivity contribution is 7.98. The molecule has 1 aromatic heterocycles. The molecule has 3 amide bonds. The number of fused-ring (bicyclic) bond motifs is 1. The predicted molar refractivity (Wildman–Crippen MR) is 97.8 cm³/mol. The van der Waals surface area contributed by atoms with E-state index in [1.54, 1.807) is 11.8 Å². The van der Waals surface area contributed by atoms with Gasteiger partial charge < -0.3 is 9.73 Å². The van der Waals surface area contributed by atoms with Crippen LogP contribution in [0.4, 0.5) is 4.79 Å². The number of rotatable bonds is 5. The molecule has 1 fully saturated rings. The molecule has 7 heteroatoms. The lowest BCUT2D eigenvalue weighted by molar-refractivity contribution is -0.127. The van der Waals surface area contributed by atoms with Crippen molar-refractivity contribution in [2.45, 2.75) is 32.9 Å². The number of nitrogens with zero attached hydrogens (tertiary/aromatic N) is 1. The molecule has 1 saturated heterocycles. The molecule has 0 aliphatic carbocycles. The summed E-state index contributed by atoms with van der Waals surface area (Å²) in [5.74, 6) is 0.546. The molecule has 25 heavy (non-hydrogen) atoms. The van der Waals surface area contributed by atoms with E-state index in [-0.39, 0.29) is 12.5 Å². The fourth-order valence-electron chi connectivity index (χ4n) is 2.98. The van der Waals surface area contributed by atoms with Crippen LogP contribution in [0.15, 0.2) is 27.4 Å². The van der Waals surface area contributed by atoms with E-state index in [0.717, 1.165) is 22.3 Å². The molecule has 0 spiro atoms. The van der Waals surface area contributed by atoms with Crippen molar-refractivity contribution < 1.29 is 14.0 Å². The number of amides is 3. The molecule has 1 unspecified atom stereocenters. The topological polar surface area (TPSA) is 79.6 Å². The van der Waals surface area contributed by atoms with Gasteiger partial charge in [-0.2, -0.15) is 11.8 Å². The number of urea groups is 1. The van der Waals surface area contributed by atoms with Crippen LogP contribution in [-0.2, 0) is 11.3 Å². The smallest absolute Gasteiger partial charge is 0.336 e. The molecule has 0 radical (unpaired) electrons. The molecule has 2 aromatic rings. The summed E-state index contributed by atoms with van der Waals surface area (Å²) in [5, 5.41) is 3.46. The zero-order valence-electron chi connectivity index (χ0n) is 14.4. The Bertz CT molecular complexity index is 906.